The standard InChI is InChI=1S/C20H35N5O2.HI/c1-6-27-18(11-13-25(4)5)15-24-20(22-3)23-12-10-16-8-7-9-17(14-16)19(26)21-2;/h7-9,14,18H,6,10-13,15H2,1-5H3,(H,21,26)(H2,22,23,24);1H. The Labute approximate surface area is 186 Å². The third kappa shape index (κ3) is 10.8. The van der Waals surface area contributed by atoms with E-state index in [4.69, 9.17) is 4.74 Å². The molecular formula is C20H36IN5O2. The maximum absolute atomic E-state index is 11.7. The molecule has 0 saturated carbocycles. The molecule has 0 saturated heterocycles. The summed E-state index contributed by atoms with van der Waals surface area (Å²) in [4.78, 5) is 18.1. The van der Waals surface area contributed by atoms with Gasteiger partial charge in [0.1, 0.15) is 0 Å². The molecule has 1 aromatic rings. The van der Waals surface area contributed by atoms with Crippen molar-refractivity contribution < 1.29 is 9.53 Å². The van der Waals surface area contributed by atoms with Crippen LogP contribution in [0.1, 0.15) is 29.3 Å². The van der Waals surface area contributed by atoms with Gasteiger partial charge < -0.3 is 25.6 Å². The molecule has 3 N–H and O–H groups in total. The summed E-state index contributed by atoms with van der Waals surface area (Å²) in [7, 11) is 7.53. The van der Waals surface area contributed by atoms with Crippen LogP contribution in [0.4, 0.5) is 0 Å². The van der Waals surface area contributed by atoms with Crippen LogP contribution in [0, 0.1) is 0 Å². The number of amides is 1. The van der Waals surface area contributed by atoms with Crippen molar-refractivity contribution in [1.29, 1.82) is 0 Å². The molecule has 0 spiro atoms. The smallest absolute Gasteiger partial charge is 0.251 e. The second-order valence-electron chi connectivity index (χ2n) is 6.58. The first kappa shape index (κ1) is 26.6. The van der Waals surface area contributed by atoms with Gasteiger partial charge >= 0.3 is 0 Å². The van der Waals surface area contributed by atoms with Crippen molar-refractivity contribution in [3.05, 3.63) is 35.4 Å². The summed E-state index contributed by atoms with van der Waals surface area (Å²) < 4.78 is 5.80. The van der Waals surface area contributed by atoms with Crippen molar-refractivity contribution in [2.75, 3.05) is 54.4 Å². The Morgan fingerprint density at radius 1 is 1.29 bits per heavy atom. The van der Waals surface area contributed by atoms with Gasteiger partial charge in [0, 0.05) is 45.9 Å². The largest absolute Gasteiger partial charge is 0.377 e. The Kier molecular flexibility index (Phi) is 14.8. The lowest BCUT2D eigenvalue weighted by molar-refractivity contribution is 0.0548. The molecule has 28 heavy (non-hydrogen) atoms. The molecule has 0 heterocycles. The summed E-state index contributed by atoms with van der Waals surface area (Å²) >= 11 is 0. The normalized spacial score (nSPS) is 12.3. The van der Waals surface area contributed by atoms with E-state index in [-0.39, 0.29) is 36.0 Å². The number of guanidine groups is 1. The topological polar surface area (TPSA) is 78.0 Å². The van der Waals surface area contributed by atoms with E-state index in [2.05, 4.69) is 39.9 Å². The van der Waals surface area contributed by atoms with Crippen LogP contribution in [0.5, 0.6) is 0 Å². The Morgan fingerprint density at radius 3 is 2.64 bits per heavy atom. The van der Waals surface area contributed by atoms with E-state index < -0.39 is 0 Å². The Morgan fingerprint density at radius 2 is 2.04 bits per heavy atom. The third-order valence-corrected chi connectivity index (χ3v) is 4.14. The van der Waals surface area contributed by atoms with Crippen molar-refractivity contribution in [3.63, 3.8) is 0 Å². The van der Waals surface area contributed by atoms with Crippen molar-refractivity contribution in [1.82, 2.24) is 20.9 Å². The molecule has 160 valence electrons. The molecule has 0 aliphatic heterocycles. The maximum Gasteiger partial charge on any atom is 0.251 e. The van der Waals surface area contributed by atoms with E-state index in [1.807, 2.05) is 31.2 Å². The molecule has 8 heteroatoms. The predicted molar refractivity (Wildman–Crippen MR) is 127 cm³/mol. The van der Waals surface area contributed by atoms with Gasteiger partial charge in [0.2, 0.25) is 0 Å². The number of nitrogens with one attached hydrogen (secondary N) is 3. The van der Waals surface area contributed by atoms with Gasteiger partial charge in [0.05, 0.1) is 6.10 Å². The van der Waals surface area contributed by atoms with E-state index in [1.54, 1.807) is 14.1 Å². The average molecular weight is 505 g/mol. The lowest BCUT2D eigenvalue weighted by atomic mass is 10.1. The van der Waals surface area contributed by atoms with Gasteiger partial charge in [-0.2, -0.15) is 0 Å². The van der Waals surface area contributed by atoms with Crippen molar-refractivity contribution in [2.24, 2.45) is 4.99 Å². The minimum Gasteiger partial charge on any atom is -0.377 e. The highest BCUT2D eigenvalue weighted by Crippen LogP contribution is 2.05. The molecule has 1 amide bonds. The Hall–Kier alpha value is -1.39. The number of hydrogen-bond acceptors (Lipinski definition) is 4. The second kappa shape index (κ2) is 15.5. The van der Waals surface area contributed by atoms with Gasteiger partial charge in [-0.1, -0.05) is 12.1 Å². The molecule has 0 aliphatic carbocycles. The predicted octanol–water partition coefficient (Wildman–Crippen LogP) is 1.73. The summed E-state index contributed by atoms with van der Waals surface area (Å²) in [5, 5.41) is 9.30. The van der Waals surface area contributed by atoms with E-state index in [0.717, 1.165) is 37.5 Å². The highest BCUT2D eigenvalue weighted by Gasteiger charge is 2.10. The van der Waals surface area contributed by atoms with Crippen molar-refractivity contribution >= 4 is 35.8 Å². The molecule has 0 radical (unpaired) electrons. The number of aliphatic imine (C=N–C) groups is 1. The van der Waals surface area contributed by atoms with Gasteiger partial charge in [-0.25, -0.2) is 0 Å². The first-order valence-electron chi connectivity index (χ1n) is 9.52. The zero-order valence-corrected chi connectivity index (χ0v) is 20.1. The van der Waals surface area contributed by atoms with Crippen LogP contribution in [0.25, 0.3) is 0 Å². The first-order chi connectivity index (χ1) is 13.0. The molecule has 1 rings (SSSR count). The summed E-state index contributed by atoms with van der Waals surface area (Å²) in [6.45, 7) is 5.15. The number of carbonyl (C=O) groups excluding carboxylic acids is 1. The van der Waals surface area contributed by atoms with Crippen molar-refractivity contribution in [2.45, 2.75) is 25.9 Å². The van der Waals surface area contributed by atoms with Crippen LogP contribution in [-0.4, -0.2) is 77.3 Å². The zero-order valence-electron chi connectivity index (χ0n) is 17.7. The number of ether oxygens (including phenoxy) is 1. The fourth-order valence-corrected chi connectivity index (χ4v) is 2.65. The van der Waals surface area contributed by atoms with E-state index in [9.17, 15) is 4.79 Å². The SMILES string of the molecule is CCOC(CCN(C)C)CNC(=NC)NCCc1cccc(C(=O)NC)c1.I. The molecule has 1 aromatic carbocycles. The summed E-state index contributed by atoms with van der Waals surface area (Å²) in [6, 6.07) is 7.67. The van der Waals surface area contributed by atoms with E-state index in [0.29, 0.717) is 18.7 Å². The van der Waals surface area contributed by atoms with Crippen LogP contribution in [0.3, 0.4) is 0 Å². The van der Waals surface area contributed by atoms with Gasteiger partial charge in [0.25, 0.3) is 5.91 Å². The number of nitrogens with zero attached hydrogens (tertiary/aromatic N) is 2. The molecule has 0 aromatic heterocycles. The minimum atomic E-state index is -0.0676. The maximum atomic E-state index is 11.7. The van der Waals surface area contributed by atoms with Crippen LogP contribution >= 0.6 is 24.0 Å². The number of carbonyl (C=O) groups is 1. The first-order valence-corrected chi connectivity index (χ1v) is 9.52. The number of benzene rings is 1. The van der Waals surface area contributed by atoms with Crippen LogP contribution in [0.2, 0.25) is 0 Å². The zero-order chi connectivity index (χ0) is 20.1. The average Bonchev–Trinajstić information content (AvgIpc) is 2.67. The van der Waals surface area contributed by atoms with E-state index in [1.165, 1.54) is 0 Å². The van der Waals surface area contributed by atoms with Gasteiger partial charge in [0.15, 0.2) is 5.96 Å². The van der Waals surface area contributed by atoms with Crippen LogP contribution in [0.15, 0.2) is 29.3 Å². The quantitative estimate of drug-likeness (QED) is 0.243. The molecule has 7 nitrogen and oxygen atoms in total. The number of halogens is 1. The monoisotopic (exact) mass is 505 g/mol. The molecule has 0 aliphatic rings. The second-order valence-corrected chi connectivity index (χ2v) is 6.58. The fraction of sp³-hybridized carbons (Fsp3) is 0.600. The van der Waals surface area contributed by atoms with E-state index >= 15 is 0 Å². The van der Waals surface area contributed by atoms with Gasteiger partial charge in [-0.15, -0.1) is 24.0 Å². The van der Waals surface area contributed by atoms with Gasteiger partial charge in [-0.3, -0.25) is 9.79 Å². The molecule has 0 fully saturated rings. The highest BCUT2D eigenvalue weighted by atomic mass is 127. The Bertz CT molecular complexity index is 596. The Balaban J connectivity index is 0.00000729. The molecule has 1 atom stereocenters. The van der Waals surface area contributed by atoms with Crippen LogP contribution in [-0.2, 0) is 11.2 Å². The van der Waals surface area contributed by atoms with Gasteiger partial charge in [-0.05, 0) is 51.6 Å². The number of rotatable bonds is 11. The fourth-order valence-electron chi connectivity index (χ4n) is 2.65. The molecular weight excluding hydrogens is 469 g/mol. The highest BCUT2D eigenvalue weighted by molar-refractivity contribution is 14.0. The minimum absolute atomic E-state index is 0. The summed E-state index contributed by atoms with van der Waals surface area (Å²) in [6.07, 6.45) is 1.93. The lowest BCUT2D eigenvalue weighted by Crippen LogP contribution is -2.43. The van der Waals surface area contributed by atoms with Crippen molar-refractivity contribution in [3.8, 4) is 0 Å². The summed E-state index contributed by atoms with van der Waals surface area (Å²) in [5.74, 6) is 0.689. The third-order valence-electron chi connectivity index (χ3n) is 4.14. The number of hydrogen-bond donors (Lipinski definition) is 3. The lowest BCUT2D eigenvalue weighted by Gasteiger charge is -2.21. The molecule has 1 unspecified atom stereocenters. The summed E-state index contributed by atoms with van der Waals surface area (Å²) in [5.41, 5.74) is 1.79. The molecule has 0 bridgehead atoms. The van der Waals surface area contributed by atoms with Crippen LogP contribution < -0.4 is 16.0 Å².